The van der Waals surface area contributed by atoms with E-state index in [4.69, 9.17) is 15.9 Å². The van der Waals surface area contributed by atoms with E-state index < -0.39 is 30.1 Å². The Kier molecular flexibility index (Phi) is 5.51. The van der Waals surface area contributed by atoms with E-state index in [0.29, 0.717) is 0 Å². The fraction of sp³-hybridized carbons (Fsp3) is 0.714. The quantitative estimate of drug-likeness (QED) is 0.352. The number of carbonyl (C=O) groups is 2. The smallest absolute Gasteiger partial charge is 0.328 e. The Morgan fingerprint density at radius 1 is 1.57 bits per heavy atom. The van der Waals surface area contributed by atoms with Crippen LogP contribution in [0.25, 0.3) is 0 Å². The highest BCUT2D eigenvalue weighted by atomic mass is 32.1. The number of aliphatic carboxylic acids is 1. The van der Waals surface area contributed by atoms with Crippen molar-refractivity contribution in [2.75, 3.05) is 5.75 Å². The van der Waals surface area contributed by atoms with Gasteiger partial charge in [-0.15, -0.1) is 0 Å². The van der Waals surface area contributed by atoms with E-state index in [1.807, 2.05) is 0 Å². The molecule has 1 amide bonds. The molecule has 3 atom stereocenters. The van der Waals surface area contributed by atoms with Crippen molar-refractivity contribution in [1.29, 1.82) is 0 Å². The van der Waals surface area contributed by atoms with Crippen molar-refractivity contribution in [3.63, 3.8) is 0 Å². The van der Waals surface area contributed by atoms with E-state index in [2.05, 4.69) is 17.9 Å². The first-order chi connectivity index (χ1) is 6.40. The van der Waals surface area contributed by atoms with Gasteiger partial charge in [-0.2, -0.15) is 12.6 Å². The zero-order valence-electron chi connectivity index (χ0n) is 7.67. The normalized spacial score (nSPS) is 16.9. The molecule has 3 unspecified atom stereocenters. The van der Waals surface area contributed by atoms with Crippen LogP contribution in [0.3, 0.4) is 0 Å². The highest BCUT2D eigenvalue weighted by molar-refractivity contribution is 7.80. The molecule has 5 N–H and O–H groups in total. The summed E-state index contributed by atoms with van der Waals surface area (Å²) in [5.41, 5.74) is 5.30. The summed E-state index contributed by atoms with van der Waals surface area (Å²) < 4.78 is 0. The predicted octanol–water partition coefficient (Wildman–Crippen LogP) is -1.81. The minimum absolute atomic E-state index is 0.109. The minimum Gasteiger partial charge on any atom is -0.480 e. The van der Waals surface area contributed by atoms with Crippen LogP contribution in [0.5, 0.6) is 0 Å². The summed E-state index contributed by atoms with van der Waals surface area (Å²) in [4.78, 5) is 21.7. The molecule has 82 valence electrons. The second-order valence-corrected chi connectivity index (χ2v) is 3.22. The van der Waals surface area contributed by atoms with Crippen LogP contribution < -0.4 is 11.1 Å². The molecule has 0 saturated carbocycles. The van der Waals surface area contributed by atoms with Crippen molar-refractivity contribution >= 4 is 24.5 Å². The van der Waals surface area contributed by atoms with Gasteiger partial charge in [0.1, 0.15) is 0 Å². The van der Waals surface area contributed by atoms with Crippen molar-refractivity contribution in [1.82, 2.24) is 5.32 Å². The zero-order chi connectivity index (χ0) is 11.3. The average molecular weight is 222 g/mol. The summed E-state index contributed by atoms with van der Waals surface area (Å²) in [6.45, 7) is 1.27. The van der Waals surface area contributed by atoms with Gasteiger partial charge in [0.15, 0.2) is 6.04 Å². The number of amides is 1. The summed E-state index contributed by atoms with van der Waals surface area (Å²) in [7, 11) is 0. The number of hydrogen-bond acceptors (Lipinski definition) is 5. The lowest BCUT2D eigenvalue weighted by molar-refractivity contribution is -0.144. The van der Waals surface area contributed by atoms with Crippen molar-refractivity contribution in [3.05, 3.63) is 0 Å². The molecule has 0 aliphatic heterocycles. The number of rotatable bonds is 5. The topological polar surface area (TPSA) is 113 Å². The lowest BCUT2D eigenvalue weighted by Gasteiger charge is -2.18. The fourth-order valence-corrected chi connectivity index (χ4v) is 0.898. The monoisotopic (exact) mass is 222 g/mol. The Balaban J connectivity index is 4.31. The van der Waals surface area contributed by atoms with Crippen LogP contribution in [0.1, 0.15) is 6.92 Å². The van der Waals surface area contributed by atoms with Crippen LogP contribution in [0.4, 0.5) is 0 Å². The zero-order valence-corrected chi connectivity index (χ0v) is 8.57. The van der Waals surface area contributed by atoms with E-state index in [0.717, 1.165) is 0 Å². The third-order valence-electron chi connectivity index (χ3n) is 1.58. The van der Waals surface area contributed by atoms with Crippen LogP contribution >= 0.6 is 12.6 Å². The number of aliphatic hydroxyl groups is 1. The van der Waals surface area contributed by atoms with Crippen LogP contribution in [0, 0.1) is 0 Å². The Morgan fingerprint density at radius 2 is 2.07 bits per heavy atom. The summed E-state index contributed by atoms with van der Waals surface area (Å²) in [6.07, 6.45) is -1.18. The van der Waals surface area contributed by atoms with Crippen LogP contribution in [0.15, 0.2) is 0 Å². The highest BCUT2D eigenvalue weighted by Gasteiger charge is 2.26. The molecule has 0 heterocycles. The molecule has 6 nitrogen and oxygen atoms in total. The molecule has 14 heavy (non-hydrogen) atoms. The van der Waals surface area contributed by atoms with Gasteiger partial charge < -0.3 is 21.3 Å². The van der Waals surface area contributed by atoms with Gasteiger partial charge in [-0.3, -0.25) is 4.79 Å². The van der Waals surface area contributed by atoms with Crippen LogP contribution in [-0.2, 0) is 9.59 Å². The number of thiol groups is 1. The van der Waals surface area contributed by atoms with Crippen molar-refractivity contribution in [2.45, 2.75) is 25.1 Å². The predicted molar refractivity (Wildman–Crippen MR) is 53.1 cm³/mol. The summed E-state index contributed by atoms with van der Waals surface area (Å²) >= 11 is 3.79. The third kappa shape index (κ3) is 3.95. The maximum absolute atomic E-state index is 11.1. The number of nitrogens with one attached hydrogen (secondary N) is 1. The second kappa shape index (κ2) is 5.84. The lowest BCUT2D eigenvalue weighted by atomic mass is 10.1. The first kappa shape index (κ1) is 13.2. The molecule has 0 aliphatic rings. The van der Waals surface area contributed by atoms with Gasteiger partial charge in [-0.1, -0.05) is 0 Å². The summed E-state index contributed by atoms with van der Waals surface area (Å²) in [5, 5.41) is 19.7. The average Bonchev–Trinajstić information content (AvgIpc) is 2.11. The van der Waals surface area contributed by atoms with Crippen molar-refractivity contribution in [3.8, 4) is 0 Å². The Labute approximate surface area is 86.9 Å². The van der Waals surface area contributed by atoms with Gasteiger partial charge in [0.2, 0.25) is 5.91 Å². The molecular formula is C7H14N2O4S. The lowest BCUT2D eigenvalue weighted by Crippen LogP contribution is -2.53. The molecule has 0 rings (SSSR count). The van der Waals surface area contributed by atoms with Crippen LogP contribution in [0.2, 0.25) is 0 Å². The minimum atomic E-state index is -1.34. The Hall–Kier alpha value is -0.790. The maximum atomic E-state index is 11.1. The van der Waals surface area contributed by atoms with Crippen LogP contribution in [-0.4, -0.2) is 46.0 Å². The van der Waals surface area contributed by atoms with Gasteiger partial charge >= 0.3 is 5.97 Å². The standard InChI is InChI=1S/C7H14N2O4S/c1-3(10)5(7(12)13)9-6(11)4(8)2-14/h3-5,10,14H,2,8H2,1H3,(H,9,11)(H,12,13). The number of aliphatic hydroxyl groups excluding tert-OH is 1. The number of carbonyl (C=O) groups excluding carboxylic acids is 1. The van der Waals surface area contributed by atoms with E-state index >= 15 is 0 Å². The SMILES string of the molecule is CC(O)C(NC(=O)C(N)CS)C(=O)O. The van der Waals surface area contributed by atoms with Gasteiger partial charge in [-0.25, -0.2) is 4.79 Å². The van der Waals surface area contributed by atoms with Crippen molar-refractivity contribution < 1.29 is 19.8 Å². The summed E-state index contributed by atoms with van der Waals surface area (Å²) in [5.74, 6) is -1.84. The van der Waals surface area contributed by atoms with Gasteiger partial charge in [0.05, 0.1) is 12.1 Å². The van der Waals surface area contributed by atoms with Gasteiger partial charge in [0, 0.05) is 5.75 Å². The molecule has 0 aliphatic carbocycles. The number of carboxylic acid groups (broad SMARTS) is 1. The molecule has 0 fully saturated rings. The van der Waals surface area contributed by atoms with E-state index in [1.165, 1.54) is 6.92 Å². The van der Waals surface area contributed by atoms with Gasteiger partial charge in [0.25, 0.3) is 0 Å². The first-order valence-corrected chi connectivity index (χ1v) is 4.61. The second-order valence-electron chi connectivity index (χ2n) is 2.85. The Morgan fingerprint density at radius 3 is 2.36 bits per heavy atom. The molecular weight excluding hydrogens is 208 g/mol. The molecule has 0 spiro atoms. The molecule has 0 bridgehead atoms. The van der Waals surface area contributed by atoms with Crippen molar-refractivity contribution in [2.24, 2.45) is 5.73 Å². The highest BCUT2D eigenvalue weighted by Crippen LogP contribution is 1.94. The van der Waals surface area contributed by atoms with Gasteiger partial charge in [-0.05, 0) is 6.92 Å². The summed E-state index contributed by atoms with van der Waals surface area (Å²) in [6, 6.07) is -2.22. The van der Waals surface area contributed by atoms with E-state index in [9.17, 15) is 9.59 Å². The van der Waals surface area contributed by atoms with E-state index in [-0.39, 0.29) is 5.75 Å². The molecule has 0 radical (unpaired) electrons. The number of nitrogens with two attached hydrogens (primary N) is 1. The maximum Gasteiger partial charge on any atom is 0.328 e. The largest absolute Gasteiger partial charge is 0.480 e. The first-order valence-electron chi connectivity index (χ1n) is 3.97. The fourth-order valence-electron chi connectivity index (χ4n) is 0.732. The Bertz CT molecular complexity index is 222. The third-order valence-corrected chi connectivity index (χ3v) is 1.97. The molecule has 7 heteroatoms. The molecule has 0 saturated heterocycles. The molecule has 0 aromatic carbocycles. The number of carboxylic acids is 1. The molecule has 0 aromatic heterocycles. The van der Waals surface area contributed by atoms with E-state index in [1.54, 1.807) is 0 Å². The number of hydrogen-bond donors (Lipinski definition) is 5. The molecule has 0 aromatic rings.